The van der Waals surface area contributed by atoms with Crippen molar-refractivity contribution in [2.45, 2.75) is 65.9 Å². The fourth-order valence-corrected chi connectivity index (χ4v) is 3.76. The molecule has 4 nitrogen and oxygen atoms in total. The topological polar surface area (TPSA) is 52.6 Å². The summed E-state index contributed by atoms with van der Waals surface area (Å²) in [5.74, 6) is 1.01. The number of ether oxygens (including phenoxy) is 2. The van der Waals surface area contributed by atoms with Crippen LogP contribution >= 0.6 is 0 Å². The van der Waals surface area contributed by atoms with Crippen molar-refractivity contribution in [2.24, 2.45) is 23.2 Å². The molecule has 2 rings (SSSR count). The Morgan fingerprint density at radius 1 is 1.14 bits per heavy atom. The largest absolute Gasteiger partial charge is 0.459 e. The van der Waals surface area contributed by atoms with Crippen LogP contribution < -0.4 is 0 Å². The summed E-state index contributed by atoms with van der Waals surface area (Å²) >= 11 is 0. The van der Waals surface area contributed by atoms with Gasteiger partial charge in [-0.25, -0.2) is 4.79 Å². The molecule has 0 N–H and O–H groups in total. The number of hydrogen-bond acceptors (Lipinski definition) is 4. The van der Waals surface area contributed by atoms with Gasteiger partial charge in [0.05, 0.1) is 5.41 Å². The first-order chi connectivity index (χ1) is 9.89. The number of hydrogen-bond donors (Lipinski definition) is 0. The molecule has 4 unspecified atom stereocenters. The summed E-state index contributed by atoms with van der Waals surface area (Å²) in [6.07, 6.45) is 5.42. The van der Waals surface area contributed by atoms with Gasteiger partial charge in [-0.3, -0.25) is 4.79 Å². The lowest BCUT2D eigenvalue weighted by Gasteiger charge is -2.30. The Hall–Kier alpha value is -1.06. The van der Waals surface area contributed by atoms with E-state index in [9.17, 15) is 9.59 Å². The van der Waals surface area contributed by atoms with Gasteiger partial charge < -0.3 is 9.47 Å². The van der Waals surface area contributed by atoms with Crippen molar-refractivity contribution in [1.29, 1.82) is 0 Å². The average Bonchev–Trinajstić information content (AvgIpc) is 3.05. The number of carbonyl (C=O) groups excluding carboxylic acids is 2. The van der Waals surface area contributed by atoms with E-state index >= 15 is 0 Å². The van der Waals surface area contributed by atoms with Crippen molar-refractivity contribution >= 4 is 11.9 Å². The molecule has 2 fully saturated rings. The lowest BCUT2D eigenvalue weighted by Crippen LogP contribution is -2.34. The minimum atomic E-state index is -0.543. The normalized spacial score (nSPS) is 31.2. The summed E-state index contributed by atoms with van der Waals surface area (Å²) in [5.41, 5.74) is -0.543. The van der Waals surface area contributed by atoms with Gasteiger partial charge in [-0.05, 0) is 63.7 Å². The molecule has 21 heavy (non-hydrogen) atoms. The van der Waals surface area contributed by atoms with Crippen LogP contribution in [0.2, 0.25) is 0 Å². The Morgan fingerprint density at radius 3 is 2.43 bits per heavy atom. The van der Waals surface area contributed by atoms with Crippen molar-refractivity contribution < 1.29 is 19.1 Å². The summed E-state index contributed by atoms with van der Waals surface area (Å²) in [5, 5.41) is 0. The molecule has 0 saturated heterocycles. The van der Waals surface area contributed by atoms with Crippen LogP contribution in [0, 0.1) is 23.2 Å². The highest BCUT2D eigenvalue weighted by Gasteiger charge is 2.48. The third-order valence-electron chi connectivity index (χ3n) is 5.50. The van der Waals surface area contributed by atoms with Gasteiger partial charge in [-0.1, -0.05) is 13.8 Å². The van der Waals surface area contributed by atoms with E-state index < -0.39 is 11.4 Å². The highest BCUT2D eigenvalue weighted by atomic mass is 16.6. The number of rotatable bonds is 6. The zero-order valence-corrected chi connectivity index (χ0v) is 13.7. The molecule has 0 spiro atoms. The van der Waals surface area contributed by atoms with Gasteiger partial charge >= 0.3 is 11.9 Å². The number of esters is 2. The Morgan fingerprint density at radius 2 is 1.81 bits per heavy atom. The molecule has 4 heteroatoms. The molecule has 0 radical (unpaired) electrons. The fraction of sp³-hybridized carbons (Fsp3) is 0.882. The fourth-order valence-electron chi connectivity index (χ4n) is 3.76. The molecule has 120 valence electrons. The molecule has 0 amide bonds. The quantitative estimate of drug-likeness (QED) is 0.705. The third-order valence-corrected chi connectivity index (χ3v) is 5.50. The van der Waals surface area contributed by atoms with Crippen LogP contribution in [0.5, 0.6) is 0 Å². The van der Waals surface area contributed by atoms with Crippen LogP contribution in [-0.2, 0) is 19.1 Å². The Bertz CT molecular complexity index is 402. The van der Waals surface area contributed by atoms with E-state index in [0.717, 1.165) is 12.3 Å². The highest BCUT2D eigenvalue weighted by molar-refractivity contribution is 5.79. The Balaban J connectivity index is 1.81. The number of carbonyl (C=O) groups is 2. The molecule has 0 aromatic rings. The monoisotopic (exact) mass is 296 g/mol. The second-order valence-corrected chi connectivity index (χ2v) is 7.17. The molecule has 2 bridgehead atoms. The van der Waals surface area contributed by atoms with Crippen LogP contribution in [0.25, 0.3) is 0 Å². The van der Waals surface area contributed by atoms with E-state index in [2.05, 4.69) is 6.92 Å². The Kier molecular flexibility index (Phi) is 4.95. The van der Waals surface area contributed by atoms with Crippen molar-refractivity contribution in [3.63, 3.8) is 0 Å². The van der Waals surface area contributed by atoms with E-state index in [4.69, 9.17) is 9.47 Å². The first-order valence-corrected chi connectivity index (χ1v) is 8.25. The third kappa shape index (κ3) is 3.41. The molecule has 0 aromatic carbocycles. The van der Waals surface area contributed by atoms with Crippen LogP contribution in [0.3, 0.4) is 0 Å². The van der Waals surface area contributed by atoms with Gasteiger partial charge in [-0.2, -0.15) is 0 Å². The Labute approximate surface area is 127 Å². The maximum Gasteiger partial charge on any atom is 0.344 e. The first kappa shape index (κ1) is 16.3. The average molecular weight is 296 g/mol. The summed E-state index contributed by atoms with van der Waals surface area (Å²) in [7, 11) is 0. The standard InChI is InChI=1S/C17H28O4/c1-5-13-11-7-8-12(9-11)15(13)21-14(18)10-20-16(19)17(3,4)6-2/h11-13,15H,5-10H2,1-4H3. The lowest BCUT2D eigenvalue weighted by molar-refractivity contribution is -0.170. The van der Waals surface area contributed by atoms with Crippen LogP contribution in [0.4, 0.5) is 0 Å². The van der Waals surface area contributed by atoms with Crippen molar-refractivity contribution in [1.82, 2.24) is 0 Å². The smallest absolute Gasteiger partial charge is 0.344 e. The lowest BCUT2D eigenvalue weighted by atomic mass is 9.84. The van der Waals surface area contributed by atoms with E-state index in [1.807, 2.05) is 20.8 Å². The predicted octanol–water partition coefficient (Wildman–Crippen LogP) is 3.33. The zero-order chi connectivity index (χ0) is 15.6. The molecule has 2 saturated carbocycles. The highest BCUT2D eigenvalue weighted by Crippen LogP contribution is 2.51. The maximum atomic E-state index is 12.0. The van der Waals surface area contributed by atoms with Gasteiger partial charge in [0.2, 0.25) is 0 Å². The zero-order valence-electron chi connectivity index (χ0n) is 13.7. The molecular weight excluding hydrogens is 268 g/mol. The van der Waals surface area contributed by atoms with E-state index in [0.29, 0.717) is 18.3 Å². The predicted molar refractivity (Wildman–Crippen MR) is 79.5 cm³/mol. The molecule has 0 aliphatic heterocycles. The summed E-state index contributed by atoms with van der Waals surface area (Å²) in [6, 6.07) is 0. The van der Waals surface area contributed by atoms with Gasteiger partial charge in [0.25, 0.3) is 0 Å². The molecule has 2 aliphatic rings. The van der Waals surface area contributed by atoms with Gasteiger partial charge in [0.15, 0.2) is 6.61 Å². The second-order valence-electron chi connectivity index (χ2n) is 7.17. The molecule has 2 aliphatic carbocycles. The summed E-state index contributed by atoms with van der Waals surface area (Å²) in [6.45, 7) is 7.48. The van der Waals surface area contributed by atoms with Crippen molar-refractivity contribution in [2.75, 3.05) is 6.61 Å². The SMILES string of the molecule is CCC1C2CCC(C2)C1OC(=O)COC(=O)C(C)(C)CC. The van der Waals surface area contributed by atoms with Crippen molar-refractivity contribution in [3.05, 3.63) is 0 Å². The van der Waals surface area contributed by atoms with E-state index in [-0.39, 0.29) is 18.7 Å². The van der Waals surface area contributed by atoms with Crippen molar-refractivity contribution in [3.8, 4) is 0 Å². The first-order valence-electron chi connectivity index (χ1n) is 8.25. The number of fused-ring (bicyclic) bond motifs is 2. The maximum absolute atomic E-state index is 12.0. The van der Waals surface area contributed by atoms with E-state index in [1.165, 1.54) is 19.3 Å². The van der Waals surface area contributed by atoms with Gasteiger partial charge in [0, 0.05) is 0 Å². The molecule has 0 heterocycles. The molecular formula is C17H28O4. The van der Waals surface area contributed by atoms with Gasteiger partial charge in [0.1, 0.15) is 6.10 Å². The second kappa shape index (κ2) is 6.37. The summed E-state index contributed by atoms with van der Waals surface area (Å²) in [4.78, 5) is 23.8. The summed E-state index contributed by atoms with van der Waals surface area (Å²) < 4.78 is 10.7. The molecule has 4 atom stereocenters. The van der Waals surface area contributed by atoms with Crippen LogP contribution in [0.15, 0.2) is 0 Å². The van der Waals surface area contributed by atoms with Gasteiger partial charge in [-0.15, -0.1) is 0 Å². The minimum Gasteiger partial charge on any atom is -0.459 e. The molecule has 0 aromatic heterocycles. The van der Waals surface area contributed by atoms with E-state index in [1.54, 1.807) is 0 Å². The van der Waals surface area contributed by atoms with Crippen LogP contribution in [-0.4, -0.2) is 24.6 Å². The minimum absolute atomic E-state index is 0.0409. The van der Waals surface area contributed by atoms with Crippen LogP contribution in [0.1, 0.15) is 59.8 Å².